The second kappa shape index (κ2) is 7.42. The average Bonchev–Trinajstić information content (AvgIpc) is 3.40. The van der Waals surface area contributed by atoms with Crippen molar-refractivity contribution >= 4 is 45.9 Å². The average molecular weight is 425 g/mol. The Morgan fingerprint density at radius 3 is 2.70 bits per heavy atom. The summed E-state index contributed by atoms with van der Waals surface area (Å²) in [6, 6.07) is 11.7. The van der Waals surface area contributed by atoms with Crippen LogP contribution in [0.4, 0.5) is 4.79 Å². The summed E-state index contributed by atoms with van der Waals surface area (Å²) in [6.45, 7) is 2.92. The minimum absolute atomic E-state index is 0.166. The van der Waals surface area contributed by atoms with Gasteiger partial charge in [0.05, 0.1) is 18.0 Å². The van der Waals surface area contributed by atoms with Gasteiger partial charge in [-0.1, -0.05) is 18.2 Å². The lowest BCUT2D eigenvalue weighted by Crippen LogP contribution is -2.41. The number of ketones is 1. The molecule has 1 atom stereocenters. The SMILES string of the molecule is CC(=O)NCc1ccc(C(=O)CN2C(=O)N[C@@](C)(c3cc4ccccc4o3)C2=O)s1. The molecular formula is C21H19N3O5S. The van der Waals surface area contributed by atoms with E-state index < -0.39 is 17.5 Å². The third-order valence-corrected chi connectivity index (χ3v) is 6.07. The molecule has 154 valence electrons. The van der Waals surface area contributed by atoms with E-state index in [0.717, 1.165) is 15.2 Å². The highest BCUT2D eigenvalue weighted by molar-refractivity contribution is 7.14. The molecule has 2 N–H and O–H groups in total. The van der Waals surface area contributed by atoms with Crippen molar-refractivity contribution in [2.45, 2.75) is 25.9 Å². The Hall–Kier alpha value is -3.46. The van der Waals surface area contributed by atoms with Gasteiger partial charge < -0.3 is 15.1 Å². The Morgan fingerprint density at radius 2 is 1.97 bits per heavy atom. The summed E-state index contributed by atoms with van der Waals surface area (Å²) in [7, 11) is 0. The van der Waals surface area contributed by atoms with Gasteiger partial charge in [0.1, 0.15) is 11.3 Å². The van der Waals surface area contributed by atoms with E-state index in [9.17, 15) is 19.2 Å². The molecule has 2 aromatic heterocycles. The molecule has 1 fully saturated rings. The summed E-state index contributed by atoms with van der Waals surface area (Å²) in [5, 5.41) is 6.13. The van der Waals surface area contributed by atoms with Gasteiger partial charge in [-0.15, -0.1) is 11.3 Å². The van der Waals surface area contributed by atoms with Crippen molar-refractivity contribution < 1.29 is 23.6 Å². The zero-order chi connectivity index (χ0) is 21.5. The number of furan rings is 1. The van der Waals surface area contributed by atoms with Crippen molar-refractivity contribution in [3.05, 3.63) is 58.0 Å². The number of Topliss-reactive ketones (excluding diaryl/α,β-unsaturated/α-hetero) is 1. The smallest absolute Gasteiger partial charge is 0.325 e. The Morgan fingerprint density at radius 1 is 1.20 bits per heavy atom. The highest BCUT2D eigenvalue weighted by Gasteiger charge is 2.51. The van der Waals surface area contributed by atoms with E-state index in [1.54, 1.807) is 31.2 Å². The highest BCUT2D eigenvalue weighted by atomic mass is 32.1. The quantitative estimate of drug-likeness (QED) is 0.466. The zero-order valence-corrected chi connectivity index (χ0v) is 17.2. The largest absolute Gasteiger partial charge is 0.458 e. The van der Waals surface area contributed by atoms with Gasteiger partial charge in [0.15, 0.2) is 11.3 Å². The van der Waals surface area contributed by atoms with Crippen molar-refractivity contribution in [2.75, 3.05) is 6.54 Å². The highest BCUT2D eigenvalue weighted by Crippen LogP contribution is 2.33. The number of benzene rings is 1. The van der Waals surface area contributed by atoms with E-state index in [1.165, 1.54) is 18.3 Å². The summed E-state index contributed by atoms with van der Waals surface area (Å²) in [6.07, 6.45) is 0. The molecule has 4 amide bonds. The molecule has 0 spiro atoms. The molecule has 1 aliphatic heterocycles. The molecule has 1 aliphatic rings. The van der Waals surface area contributed by atoms with Gasteiger partial charge in [0.2, 0.25) is 5.91 Å². The molecule has 0 radical (unpaired) electrons. The van der Waals surface area contributed by atoms with Crippen LogP contribution in [0.1, 0.15) is 34.2 Å². The number of hydrogen-bond acceptors (Lipinski definition) is 6. The van der Waals surface area contributed by atoms with Crippen molar-refractivity contribution in [3.63, 3.8) is 0 Å². The number of hydrogen-bond donors (Lipinski definition) is 2. The summed E-state index contributed by atoms with van der Waals surface area (Å²) < 4.78 is 5.78. The molecule has 4 rings (SSSR count). The number of thiophene rings is 1. The first-order valence-electron chi connectivity index (χ1n) is 9.27. The Balaban J connectivity index is 1.51. The molecule has 30 heavy (non-hydrogen) atoms. The van der Waals surface area contributed by atoms with Crippen LogP contribution in [-0.2, 0) is 21.7 Å². The number of nitrogens with zero attached hydrogens (tertiary/aromatic N) is 1. The Labute approximate surface area is 175 Å². The fraction of sp³-hybridized carbons (Fsp3) is 0.238. The summed E-state index contributed by atoms with van der Waals surface area (Å²) in [5.74, 6) is -0.757. The predicted octanol–water partition coefficient (Wildman–Crippen LogP) is 2.78. The number of fused-ring (bicyclic) bond motifs is 1. The molecule has 3 heterocycles. The fourth-order valence-corrected chi connectivity index (χ4v) is 4.17. The first-order chi connectivity index (χ1) is 14.3. The van der Waals surface area contributed by atoms with E-state index in [4.69, 9.17) is 4.42 Å². The summed E-state index contributed by atoms with van der Waals surface area (Å²) in [5.41, 5.74) is -0.779. The van der Waals surface area contributed by atoms with Crippen LogP contribution in [0.5, 0.6) is 0 Å². The first kappa shape index (κ1) is 19.8. The van der Waals surface area contributed by atoms with Gasteiger partial charge in [-0.2, -0.15) is 0 Å². The van der Waals surface area contributed by atoms with Crippen LogP contribution in [-0.4, -0.2) is 35.1 Å². The zero-order valence-electron chi connectivity index (χ0n) is 16.4. The second-order valence-electron chi connectivity index (χ2n) is 7.19. The van der Waals surface area contributed by atoms with E-state index in [1.807, 2.05) is 18.2 Å². The van der Waals surface area contributed by atoms with Gasteiger partial charge >= 0.3 is 6.03 Å². The van der Waals surface area contributed by atoms with Gasteiger partial charge in [-0.3, -0.25) is 19.3 Å². The number of carbonyl (C=O) groups excluding carboxylic acids is 4. The van der Waals surface area contributed by atoms with Crippen LogP contribution in [0.25, 0.3) is 11.0 Å². The van der Waals surface area contributed by atoms with Crippen LogP contribution >= 0.6 is 11.3 Å². The minimum Gasteiger partial charge on any atom is -0.458 e. The molecule has 3 aromatic rings. The predicted molar refractivity (Wildman–Crippen MR) is 110 cm³/mol. The molecule has 1 aromatic carbocycles. The monoisotopic (exact) mass is 425 g/mol. The maximum atomic E-state index is 13.1. The van der Waals surface area contributed by atoms with Crippen LogP contribution in [0, 0.1) is 0 Å². The number of para-hydroxylation sites is 1. The van der Waals surface area contributed by atoms with E-state index in [2.05, 4.69) is 10.6 Å². The molecule has 0 saturated carbocycles. The lowest BCUT2D eigenvalue weighted by Gasteiger charge is -2.18. The number of urea groups is 1. The van der Waals surface area contributed by atoms with E-state index in [-0.39, 0.29) is 18.2 Å². The number of rotatable bonds is 6. The number of amides is 4. The van der Waals surface area contributed by atoms with Gasteiger partial charge in [0.25, 0.3) is 5.91 Å². The Bertz CT molecular complexity index is 1150. The normalized spacial score (nSPS) is 18.7. The third-order valence-electron chi connectivity index (χ3n) is 4.94. The first-order valence-corrected chi connectivity index (χ1v) is 10.1. The van der Waals surface area contributed by atoms with Crippen molar-refractivity contribution in [1.29, 1.82) is 0 Å². The molecule has 8 nitrogen and oxygen atoms in total. The summed E-state index contributed by atoms with van der Waals surface area (Å²) >= 11 is 1.22. The van der Waals surface area contributed by atoms with Crippen molar-refractivity contribution in [1.82, 2.24) is 15.5 Å². The van der Waals surface area contributed by atoms with Crippen LogP contribution in [0.3, 0.4) is 0 Å². The number of imide groups is 1. The maximum absolute atomic E-state index is 13.1. The molecule has 9 heteroatoms. The van der Waals surface area contributed by atoms with Crippen molar-refractivity contribution in [3.8, 4) is 0 Å². The molecule has 0 unspecified atom stereocenters. The fourth-order valence-electron chi connectivity index (χ4n) is 3.29. The van der Waals surface area contributed by atoms with Crippen LogP contribution in [0.2, 0.25) is 0 Å². The van der Waals surface area contributed by atoms with Gasteiger partial charge in [0, 0.05) is 17.2 Å². The molecule has 1 saturated heterocycles. The van der Waals surface area contributed by atoms with Gasteiger partial charge in [-0.25, -0.2) is 4.79 Å². The second-order valence-corrected chi connectivity index (χ2v) is 8.36. The molecular weight excluding hydrogens is 406 g/mol. The van der Waals surface area contributed by atoms with Crippen LogP contribution < -0.4 is 10.6 Å². The van der Waals surface area contributed by atoms with Crippen molar-refractivity contribution in [2.24, 2.45) is 0 Å². The lowest BCUT2D eigenvalue weighted by atomic mass is 9.99. The lowest BCUT2D eigenvalue weighted by molar-refractivity contribution is -0.131. The summed E-state index contributed by atoms with van der Waals surface area (Å²) in [4.78, 5) is 51.3. The van der Waals surface area contributed by atoms with Crippen LogP contribution in [0.15, 0.2) is 46.9 Å². The standard InChI is InChI=1S/C21H19N3O5S/c1-12(25)22-10-14-7-8-17(30-14)15(26)11-24-19(27)21(2,23-20(24)28)18-9-13-5-3-4-6-16(13)29-18/h3-9H,10-11H2,1-2H3,(H,22,25)(H,23,28)/t21-/m0/s1. The van der Waals surface area contributed by atoms with E-state index in [0.29, 0.717) is 22.8 Å². The van der Waals surface area contributed by atoms with E-state index >= 15 is 0 Å². The number of carbonyl (C=O) groups is 4. The minimum atomic E-state index is -1.39. The number of nitrogens with one attached hydrogen (secondary N) is 2. The molecule has 0 bridgehead atoms. The van der Waals surface area contributed by atoms with Gasteiger partial charge in [-0.05, 0) is 31.2 Å². The molecule has 0 aliphatic carbocycles. The maximum Gasteiger partial charge on any atom is 0.325 e. The Kier molecular flexibility index (Phi) is 4.90. The third kappa shape index (κ3) is 3.48. The topological polar surface area (TPSA) is 109 Å².